The van der Waals surface area contributed by atoms with Crippen LogP contribution in [0.3, 0.4) is 0 Å². The van der Waals surface area contributed by atoms with Crippen molar-refractivity contribution in [1.29, 1.82) is 0 Å². The van der Waals surface area contributed by atoms with Crippen molar-refractivity contribution in [2.45, 2.75) is 25.7 Å². The van der Waals surface area contributed by atoms with E-state index in [4.69, 9.17) is 0 Å². The average molecular weight is 217 g/mol. The van der Waals surface area contributed by atoms with Gasteiger partial charge in [-0.1, -0.05) is 6.42 Å². The van der Waals surface area contributed by atoms with E-state index in [1.54, 1.807) is 14.1 Å². The maximum Gasteiger partial charge on any atom is 0.213 e. The van der Waals surface area contributed by atoms with Gasteiger partial charge in [-0.2, -0.15) is 0 Å². The third-order valence-electron chi connectivity index (χ3n) is 3.87. The first kappa shape index (κ1) is 10.4. The molecule has 82 valence electrons. The molecule has 3 nitrogen and oxygen atoms in total. The van der Waals surface area contributed by atoms with Crippen molar-refractivity contribution in [3.05, 3.63) is 0 Å². The molecular formula is C10H19NO2S. The molecule has 3 unspecified atom stereocenters. The molecule has 0 amide bonds. The zero-order chi connectivity index (χ0) is 10.3. The summed E-state index contributed by atoms with van der Waals surface area (Å²) in [6, 6.07) is 0. The van der Waals surface area contributed by atoms with Gasteiger partial charge in [-0.15, -0.1) is 0 Å². The number of rotatable bonds is 3. The Bertz CT molecular complexity index is 310. The third kappa shape index (κ3) is 1.82. The molecule has 0 aromatic heterocycles. The molecule has 2 bridgehead atoms. The summed E-state index contributed by atoms with van der Waals surface area (Å²) in [5.41, 5.74) is 0. The van der Waals surface area contributed by atoms with Crippen molar-refractivity contribution in [2.75, 3.05) is 19.8 Å². The van der Waals surface area contributed by atoms with Gasteiger partial charge in [-0.3, -0.25) is 0 Å². The lowest BCUT2D eigenvalue weighted by atomic mass is 9.90. The van der Waals surface area contributed by atoms with E-state index in [1.165, 1.54) is 23.6 Å². The molecule has 0 spiro atoms. The van der Waals surface area contributed by atoms with Crippen molar-refractivity contribution in [3.63, 3.8) is 0 Å². The van der Waals surface area contributed by atoms with Gasteiger partial charge in [0, 0.05) is 14.1 Å². The highest BCUT2D eigenvalue weighted by molar-refractivity contribution is 7.89. The molecule has 2 fully saturated rings. The molecule has 0 aromatic rings. The molecule has 14 heavy (non-hydrogen) atoms. The Labute approximate surface area is 86.5 Å². The molecule has 0 N–H and O–H groups in total. The number of fused-ring (bicyclic) bond motifs is 2. The molecule has 0 heterocycles. The summed E-state index contributed by atoms with van der Waals surface area (Å²) >= 11 is 0. The monoisotopic (exact) mass is 217 g/mol. The molecule has 2 aliphatic rings. The van der Waals surface area contributed by atoms with Crippen LogP contribution in [0.2, 0.25) is 0 Å². The zero-order valence-corrected chi connectivity index (χ0v) is 9.76. The predicted octanol–water partition coefficient (Wildman–Crippen LogP) is 1.31. The minimum Gasteiger partial charge on any atom is -0.212 e. The maximum absolute atomic E-state index is 11.7. The average Bonchev–Trinajstić information content (AvgIpc) is 2.63. The number of hydrogen-bond acceptors (Lipinski definition) is 2. The molecule has 0 aromatic carbocycles. The topological polar surface area (TPSA) is 37.4 Å². The lowest BCUT2D eigenvalue weighted by Crippen LogP contribution is -2.30. The van der Waals surface area contributed by atoms with Crippen LogP contribution in [0.5, 0.6) is 0 Å². The molecule has 2 aliphatic carbocycles. The van der Waals surface area contributed by atoms with Gasteiger partial charge in [0.25, 0.3) is 0 Å². The normalized spacial score (nSPS) is 36.9. The summed E-state index contributed by atoms with van der Waals surface area (Å²) < 4.78 is 24.7. The van der Waals surface area contributed by atoms with Crippen molar-refractivity contribution >= 4 is 10.0 Å². The van der Waals surface area contributed by atoms with Crippen LogP contribution in [-0.4, -0.2) is 32.6 Å². The summed E-state index contributed by atoms with van der Waals surface area (Å²) in [6.07, 6.45) is 5.03. The van der Waals surface area contributed by atoms with E-state index in [2.05, 4.69) is 0 Å². The highest BCUT2D eigenvalue weighted by Crippen LogP contribution is 2.48. The molecule has 0 aliphatic heterocycles. The molecule has 0 saturated heterocycles. The molecule has 3 atom stereocenters. The van der Waals surface area contributed by atoms with Crippen LogP contribution in [0, 0.1) is 17.8 Å². The first-order valence-corrected chi connectivity index (χ1v) is 7.00. The Kier molecular flexibility index (Phi) is 2.60. The lowest BCUT2D eigenvalue weighted by Gasteiger charge is -2.23. The van der Waals surface area contributed by atoms with Crippen molar-refractivity contribution in [1.82, 2.24) is 4.31 Å². The third-order valence-corrected chi connectivity index (χ3v) is 5.83. The molecular weight excluding hydrogens is 198 g/mol. The number of sulfonamides is 1. The predicted molar refractivity (Wildman–Crippen MR) is 56.4 cm³/mol. The molecule has 0 radical (unpaired) electrons. The Morgan fingerprint density at radius 2 is 1.93 bits per heavy atom. The zero-order valence-electron chi connectivity index (χ0n) is 8.94. The summed E-state index contributed by atoms with van der Waals surface area (Å²) in [7, 11) is 0.284. The van der Waals surface area contributed by atoms with Crippen molar-refractivity contribution in [3.8, 4) is 0 Å². The smallest absolute Gasteiger partial charge is 0.212 e. The minimum atomic E-state index is -2.97. The van der Waals surface area contributed by atoms with E-state index in [9.17, 15) is 8.42 Å². The van der Waals surface area contributed by atoms with Crippen molar-refractivity contribution in [2.24, 2.45) is 17.8 Å². The van der Waals surface area contributed by atoms with Crippen LogP contribution in [0.1, 0.15) is 25.7 Å². The van der Waals surface area contributed by atoms with Gasteiger partial charge in [-0.25, -0.2) is 12.7 Å². The summed E-state index contributed by atoms with van der Waals surface area (Å²) in [5.74, 6) is 2.36. The standard InChI is InChI=1S/C10H19NO2S/c1-11(2)14(12,13)7-10-6-8-3-4-9(10)5-8/h8-10H,3-7H2,1-2H3. The highest BCUT2D eigenvalue weighted by Gasteiger charge is 2.41. The highest BCUT2D eigenvalue weighted by atomic mass is 32.2. The van der Waals surface area contributed by atoms with Gasteiger partial charge in [0.1, 0.15) is 0 Å². The summed E-state index contributed by atoms with van der Waals surface area (Å²) in [6.45, 7) is 0. The van der Waals surface area contributed by atoms with E-state index in [0.29, 0.717) is 17.6 Å². The van der Waals surface area contributed by atoms with E-state index < -0.39 is 10.0 Å². The van der Waals surface area contributed by atoms with E-state index in [0.717, 1.165) is 12.3 Å². The Morgan fingerprint density at radius 1 is 1.21 bits per heavy atom. The Balaban J connectivity index is 1.99. The van der Waals surface area contributed by atoms with Gasteiger partial charge < -0.3 is 0 Å². The van der Waals surface area contributed by atoms with Crippen LogP contribution in [0.25, 0.3) is 0 Å². The fourth-order valence-electron chi connectivity index (χ4n) is 3.00. The molecule has 2 saturated carbocycles. The molecule has 2 rings (SSSR count). The van der Waals surface area contributed by atoms with Gasteiger partial charge in [0.05, 0.1) is 5.75 Å². The lowest BCUT2D eigenvalue weighted by molar-refractivity contribution is 0.355. The molecule has 4 heteroatoms. The minimum absolute atomic E-state index is 0.376. The van der Waals surface area contributed by atoms with Gasteiger partial charge in [0.15, 0.2) is 0 Å². The Morgan fingerprint density at radius 3 is 2.36 bits per heavy atom. The van der Waals surface area contributed by atoms with E-state index in [-0.39, 0.29) is 0 Å². The quantitative estimate of drug-likeness (QED) is 0.715. The second-order valence-corrected chi connectivity index (χ2v) is 7.22. The Hall–Kier alpha value is -0.0900. The van der Waals surface area contributed by atoms with E-state index in [1.807, 2.05) is 0 Å². The largest absolute Gasteiger partial charge is 0.213 e. The van der Waals surface area contributed by atoms with E-state index >= 15 is 0 Å². The van der Waals surface area contributed by atoms with Crippen LogP contribution < -0.4 is 0 Å². The van der Waals surface area contributed by atoms with Crippen LogP contribution in [0.4, 0.5) is 0 Å². The fraction of sp³-hybridized carbons (Fsp3) is 1.00. The number of nitrogens with zero attached hydrogens (tertiary/aromatic N) is 1. The first-order chi connectivity index (χ1) is 6.49. The summed E-state index contributed by atoms with van der Waals surface area (Å²) in [5, 5.41) is 0. The van der Waals surface area contributed by atoms with Gasteiger partial charge in [-0.05, 0) is 37.0 Å². The second-order valence-electron chi connectivity index (χ2n) is 5.00. The van der Waals surface area contributed by atoms with Gasteiger partial charge in [0.2, 0.25) is 10.0 Å². The fourth-order valence-corrected chi connectivity index (χ4v) is 4.25. The van der Waals surface area contributed by atoms with Crippen LogP contribution >= 0.6 is 0 Å². The second kappa shape index (κ2) is 3.49. The summed E-state index contributed by atoms with van der Waals surface area (Å²) in [4.78, 5) is 0. The van der Waals surface area contributed by atoms with Crippen LogP contribution in [-0.2, 0) is 10.0 Å². The maximum atomic E-state index is 11.7. The number of hydrogen-bond donors (Lipinski definition) is 0. The van der Waals surface area contributed by atoms with Gasteiger partial charge >= 0.3 is 0 Å². The first-order valence-electron chi connectivity index (χ1n) is 5.39. The van der Waals surface area contributed by atoms with Crippen LogP contribution in [0.15, 0.2) is 0 Å². The SMILES string of the molecule is CN(C)S(=O)(=O)CC1CC2CCC1C2. The van der Waals surface area contributed by atoms with Crippen molar-refractivity contribution < 1.29 is 8.42 Å².